The number of thiophene rings is 1. The Morgan fingerprint density at radius 1 is 1.02 bits per heavy atom. The van der Waals surface area contributed by atoms with Crippen LogP contribution in [0, 0.1) is 5.82 Å². The number of aromatic nitrogens is 4. The Morgan fingerprint density at radius 2 is 1.87 bits per heavy atom. The highest BCUT2D eigenvalue weighted by Gasteiger charge is 2.34. The quantitative estimate of drug-likeness (QED) is 0.195. The fourth-order valence-electron chi connectivity index (χ4n) is 5.88. The summed E-state index contributed by atoms with van der Waals surface area (Å²) in [5.41, 5.74) is 4.98. The molecule has 0 saturated carbocycles. The monoisotopic (exact) mass is 634 g/mol. The number of fused-ring (bicyclic) bond motifs is 1. The Hall–Kier alpha value is -5.24. The van der Waals surface area contributed by atoms with Crippen LogP contribution in [0.3, 0.4) is 0 Å². The summed E-state index contributed by atoms with van der Waals surface area (Å²) in [6, 6.07) is 19.1. The zero-order valence-corrected chi connectivity index (χ0v) is 25.2. The van der Waals surface area contributed by atoms with Crippen LogP contribution in [0.2, 0.25) is 0 Å². The van der Waals surface area contributed by atoms with Gasteiger partial charge in [0.1, 0.15) is 27.7 Å². The number of carbonyl (C=O) groups is 2. The third-order valence-electron chi connectivity index (χ3n) is 8.08. The number of rotatable bonds is 7. The number of urea groups is 1. The summed E-state index contributed by atoms with van der Waals surface area (Å²) in [7, 11) is 0. The Kier molecular flexibility index (Phi) is 7.12. The number of nitrogens with one attached hydrogen (secondary N) is 3. The van der Waals surface area contributed by atoms with Crippen molar-refractivity contribution in [2.24, 2.45) is 0 Å². The number of nitrogens with zero attached hydrogens (tertiary/aromatic N) is 5. The van der Waals surface area contributed by atoms with Gasteiger partial charge in [0.15, 0.2) is 5.82 Å². The Balaban J connectivity index is 1.05. The Labute approximate surface area is 266 Å². The maximum atomic E-state index is 13.7. The fourth-order valence-corrected chi connectivity index (χ4v) is 6.87. The molecular weight excluding hydrogens is 607 g/mol. The summed E-state index contributed by atoms with van der Waals surface area (Å²) in [4.78, 5) is 48.6. The van der Waals surface area contributed by atoms with Crippen LogP contribution < -0.4 is 15.5 Å². The molecule has 0 atom stereocenters. The lowest BCUT2D eigenvalue weighted by molar-refractivity contribution is 0.0342. The van der Waals surface area contributed by atoms with Crippen molar-refractivity contribution in [2.45, 2.75) is 13.0 Å². The van der Waals surface area contributed by atoms with Gasteiger partial charge in [0.25, 0.3) is 5.91 Å². The van der Waals surface area contributed by atoms with Gasteiger partial charge >= 0.3 is 6.03 Å². The van der Waals surface area contributed by atoms with Gasteiger partial charge in [-0.15, -0.1) is 11.3 Å². The van der Waals surface area contributed by atoms with Gasteiger partial charge in [-0.25, -0.2) is 29.0 Å². The van der Waals surface area contributed by atoms with Crippen molar-refractivity contribution >= 4 is 67.4 Å². The molecule has 3 amide bonds. The topological polar surface area (TPSA) is 128 Å². The molecular formula is C33H27FN8O3S. The average molecular weight is 635 g/mol. The van der Waals surface area contributed by atoms with E-state index in [4.69, 9.17) is 4.74 Å². The number of H-pyrrole nitrogens is 1. The maximum Gasteiger partial charge on any atom is 0.332 e. The second-order valence-electron chi connectivity index (χ2n) is 11.2. The molecule has 2 aliphatic heterocycles. The molecule has 5 heterocycles. The van der Waals surface area contributed by atoms with Gasteiger partial charge in [0.05, 0.1) is 41.0 Å². The molecule has 3 N–H and O–H groups in total. The largest absolute Gasteiger partial charge is 0.379 e. The number of anilines is 4. The summed E-state index contributed by atoms with van der Waals surface area (Å²) in [6.45, 7) is 4.11. The lowest BCUT2D eigenvalue weighted by Gasteiger charge is -2.27. The number of imidazole rings is 1. The summed E-state index contributed by atoms with van der Waals surface area (Å²) >= 11 is 1.20. The average Bonchev–Trinajstić information content (AvgIpc) is 3.64. The molecule has 6 aromatic rings. The molecule has 46 heavy (non-hydrogen) atoms. The summed E-state index contributed by atoms with van der Waals surface area (Å²) in [5, 5.41) is 6.47. The van der Waals surface area contributed by atoms with Gasteiger partial charge < -0.3 is 20.4 Å². The lowest BCUT2D eigenvalue weighted by Crippen LogP contribution is -2.35. The van der Waals surface area contributed by atoms with Crippen LogP contribution in [0.15, 0.2) is 73.1 Å². The first kappa shape index (κ1) is 28.2. The molecule has 8 rings (SSSR count). The number of aromatic amines is 1. The van der Waals surface area contributed by atoms with E-state index in [0.717, 1.165) is 44.0 Å². The number of hydrogen-bond acceptors (Lipinski definition) is 8. The van der Waals surface area contributed by atoms with Crippen molar-refractivity contribution in [2.75, 3.05) is 41.8 Å². The third-order valence-corrected chi connectivity index (χ3v) is 9.17. The van der Waals surface area contributed by atoms with Gasteiger partial charge in [-0.3, -0.25) is 9.69 Å². The summed E-state index contributed by atoms with van der Waals surface area (Å²) in [5.74, 6) is 0.409. The minimum atomic E-state index is -0.453. The highest BCUT2D eigenvalue weighted by atomic mass is 32.1. The van der Waals surface area contributed by atoms with E-state index in [9.17, 15) is 14.0 Å². The normalized spacial score (nSPS) is 15.0. The van der Waals surface area contributed by atoms with Gasteiger partial charge in [0.2, 0.25) is 0 Å². The van der Waals surface area contributed by atoms with Gasteiger partial charge in [-0.05, 0) is 53.6 Å². The number of ether oxygens (including phenoxy) is 1. The highest BCUT2D eigenvalue weighted by molar-refractivity contribution is 7.21. The standard InChI is InChI=1S/C33H27FN8O3S/c34-21-3-1-2-20(14-21)15-26-38-24-9-8-23(16-25(24)39-26)42-30-27-28(40-33(42)44)29(46-32(27)36-18-35-30)31(43)37-22-6-4-19(5-7-22)17-41-10-12-45-13-11-41/h1-9,14,16,18H,10-13,15,17H2,(H,37,43)(H,38,39)(H,40,44). The molecule has 3 aromatic carbocycles. The van der Waals surface area contributed by atoms with E-state index >= 15 is 0 Å². The van der Waals surface area contributed by atoms with Crippen LogP contribution in [0.25, 0.3) is 21.3 Å². The molecule has 13 heteroatoms. The first-order valence-corrected chi connectivity index (χ1v) is 15.6. The Bertz CT molecular complexity index is 2120. The molecule has 0 unspecified atom stereocenters. The Morgan fingerprint density at radius 3 is 2.70 bits per heavy atom. The molecule has 0 bridgehead atoms. The number of morpholine rings is 1. The first-order chi connectivity index (χ1) is 22.5. The van der Waals surface area contributed by atoms with E-state index in [1.807, 2.05) is 42.5 Å². The zero-order valence-electron chi connectivity index (χ0n) is 24.4. The van der Waals surface area contributed by atoms with Crippen molar-refractivity contribution in [3.63, 3.8) is 0 Å². The lowest BCUT2D eigenvalue weighted by atomic mass is 10.1. The molecule has 1 saturated heterocycles. The second-order valence-corrected chi connectivity index (χ2v) is 12.2. The van der Waals surface area contributed by atoms with Crippen molar-refractivity contribution in [3.05, 3.63) is 101 Å². The number of carbonyl (C=O) groups excluding carboxylic acids is 2. The van der Waals surface area contributed by atoms with Gasteiger partial charge in [-0.1, -0.05) is 24.3 Å². The van der Waals surface area contributed by atoms with Crippen LogP contribution in [0.1, 0.15) is 26.6 Å². The van der Waals surface area contributed by atoms with Crippen LogP contribution in [-0.4, -0.2) is 63.1 Å². The molecule has 0 radical (unpaired) electrons. The van der Waals surface area contributed by atoms with Crippen LogP contribution in [0.5, 0.6) is 0 Å². The maximum absolute atomic E-state index is 13.7. The number of amides is 3. The SMILES string of the molecule is O=C(Nc1ccc(CN2CCOCC2)cc1)c1sc2ncnc3c2c1NC(=O)N3c1ccc2nc(Cc3cccc(F)c3)[nH]c2c1. The molecule has 0 aliphatic carbocycles. The van der Waals surface area contributed by atoms with Crippen molar-refractivity contribution in [3.8, 4) is 0 Å². The second kappa shape index (κ2) is 11.6. The minimum Gasteiger partial charge on any atom is -0.379 e. The number of hydrogen-bond donors (Lipinski definition) is 3. The van der Waals surface area contributed by atoms with Crippen LogP contribution in [0.4, 0.5) is 32.1 Å². The van der Waals surface area contributed by atoms with E-state index in [1.54, 1.807) is 12.1 Å². The van der Waals surface area contributed by atoms with E-state index in [0.29, 0.717) is 61.3 Å². The van der Waals surface area contributed by atoms with E-state index in [1.165, 1.54) is 34.7 Å². The molecule has 1 fully saturated rings. The minimum absolute atomic E-state index is 0.301. The zero-order chi connectivity index (χ0) is 31.2. The van der Waals surface area contributed by atoms with E-state index < -0.39 is 6.03 Å². The van der Waals surface area contributed by atoms with E-state index in [2.05, 4.69) is 35.5 Å². The first-order valence-electron chi connectivity index (χ1n) is 14.8. The van der Waals surface area contributed by atoms with Crippen LogP contribution in [-0.2, 0) is 17.7 Å². The highest BCUT2D eigenvalue weighted by Crippen LogP contribution is 2.45. The molecule has 3 aromatic heterocycles. The fraction of sp³-hybridized carbons (Fsp3) is 0.182. The number of halogens is 1. The van der Waals surface area contributed by atoms with Crippen LogP contribution >= 0.6 is 11.3 Å². The van der Waals surface area contributed by atoms with E-state index in [-0.39, 0.29) is 11.7 Å². The third kappa shape index (κ3) is 5.34. The number of benzene rings is 3. The summed E-state index contributed by atoms with van der Waals surface area (Å²) in [6.07, 6.45) is 1.82. The van der Waals surface area contributed by atoms with Crippen molar-refractivity contribution in [1.82, 2.24) is 24.8 Å². The smallest absolute Gasteiger partial charge is 0.332 e. The molecule has 11 nitrogen and oxygen atoms in total. The van der Waals surface area contributed by atoms with Gasteiger partial charge in [0, 0.05) is 31.7 Å². The van der Waals surface area contributed by atoms with Crippen molar-refractivity contribution in [1.29, 1.82) is 0 Å². The summed E-state index contributed by atoms with van der Waals surface area (Å²) < 4.78 is 19.1. The van der Waals surface area contributed by atoms with Crippen molar-refractivity contribution < 1.29 is 18.7 Å². The molecule has 2 aliphatic rings. The predicted octanol–water partition coefficient (Wildman–Crippen LogP) is 6.07. The molecule has 230 valence electrons. The van der Waals surface area contributed by atoms with Gasteiger partial charge in [-0.2, -0.15) is 0 Å². The molecule has 0 spiro atoms. The predicted molar refractivity (Wildman–Crippen MR) is 174 cm³/mol.